The number of alkyl halides is 3. The number of nitrogens with one attached hydrogen (secondary N) is 1. The van der Waals surface area contributed by atoms with Gasteiger partial charge >= 0.3 is 6.18 Å². The van der Waals surface area contributed by atoms with E-state index in [9.17, 15) is 22.8 Å². The molecule has 5 rings (SSSR count). The van der Waals surface area contributed by atoms with Gasteiger partial charge in [-0.3, -0.25) is 9.59 Å². The Morgan fingerprint density at radius 3 is 2.31 bits per heavy atom. The number of halogens is 5. The molecule has 1 saturated carbocycles. The first-order valence-electron chi connectivity index (χ1n) is 13.1. The number of piperidine rings is 1. The highest BCUT2D eigenvalue weighted by Gasteiger charge is 2.48. The molecule has 0 radical (unpaired) electrons. The van der Waals surface area contributed by atoms with E-state index in [-0.39, 0.29) is 40.9 Å². The molecule has 3 aliphatic rings. The molecule has 3 heterocycles. The Bertz CT molecular complexity index is 1230. The normalized spacial score (nSPS) is 23.1. The third-order valence-corrected chi connectivity index (χ3v) is 9.01. The zero-order valence-corrected chi connectivity index (χ0v) is 23.0. The standard InChI is InChI=1S/C27H30Cl2F3N5O2/c1-26(6-7-26)24(39)36-8-4-16(5-9-36)23(38)37-14-18(20(15-37)17-2-3-21(28)22(29)10-17)11-33-25-34-12-19(13-35-25)27(30,31)32/h2-3,10,12-13,16,18,20H,4-9,11,14-15H2,1H3,(H,33,34,35)/t18-,20+/m1/s1. The zero-order chi connectivity index (χ0) is 27.9. The number of amides is 2. The summed E-state index contributed by atoms with van der Waals surface area (Å²) in [5, 5.41) is 3.88. The van der Waals surface area contributed by atoms with Crippen molar-refractivity contribution in [2.45, 2.75) is 44.7 Å². The molecule has 1 aliphatic carbocycles. The molecule has 2 saturated heterocycles. The van der Waals surface area contributed by atoms with Crippen LogP contribution in [0.2, 0.25) is 10.0 Å². The summed E-state index contributed by atoms with van der Waals surface area (Å²) in [4.78, 5) is 37.6. The lowest BCUT2D eigenvalue weighted by Gasteiger charge is -2.34. The van der Waals surface area contributed by atoms with Crippen molar-refractivity contribution in [3.8, 4) is 0 Å². The van der Waals surface area contributed by atoms with Gasteiger partial charge in [-0.05, 0) is 43.4 Å². The number of rotatable bonds is 6. The summed E-state index contributed by atoms with van der Waals surface area (Å²) in [7, 11) is 0. The number of carbonyl (C=O) groups is 2. The number of carbonyl (C=O) groups excluding carboxylic acids is 2. The Morgan fingerprint density at radius 2 is 1.72 bits per heavy atom. The second-order valence-electron chi connectivity index (χ2n) is 11.1. The molecule has 210 valence electrons. The van der Waals surface area contributed by atoms with Crippen LogP contribution in [0.1, 0.15) is 49.7 Å². The summed E-state index contributed by atoms with van der Waals surface area (Å²) in [6, 6.07) is 5.41. The Balaban J connectivity index is 1.26. The molecular formula is C27H30Cl2F3N5O2. The van der Waals surface area contributed by atoms with Crippen LogP contribution >= 0.6 is 23.2 Å². The number of benzene rings is 1. The van der Waals surface area contributed by atoms with Gasteiger partial charge in [-0.2, -0.15) is 13.2 Å². The zero-order valence-electron chi connectivity index (χ0n) is 21.5. The summed E-state index contributed by atoms with van der Waals surface area (Å²) in [6.45, 7) is 4.48. The lowest BCUT2D eigenvalue weighted by Crippen LogP contribution is -2.45. The van der Waals surface area contributed by atoms with Crippen molar-refractivity contribution < 1.29 is 22.8 Å². The van der Waals surface area contributed by atoms with E-state index in [0.717, 1.165) is 30.8 Å². The molecule has 2 aromatic rings. The van der Waals surface area contributed by atoms with Crippen LogP contribution in [0.4, 0.5) is 19.1 Å². The van der Waals surface area contributed by atoms with E-state index in [0.29, 0.717) is 55.6 Å². The first-order chi connectivity index (χ1) is 18.4. The van der Waals surface area contributed by atoms with Crippen LogP contribution in [-0.2, 0) is 15.8 Å². The lowest BCUT2D eigenvalue weighted by atomic mass is 9.89. The Hall–Kier alpha value is -2.59. The molecule has 39 heavy (non-hydrogen) atoms. The molecule has 3 fully saturated rings. The molecule has 1 N–H and O–H groups in total. The van der Waals surface area contributed by atoms with Crippen molar-refractivity contribution in [1.29, 1.82) is 0 Å². The lowest BCUT2D eigenvalue weighted by molar-refractivity contribution is -0.142. The van der Waals surface area contributed by atoms with Gasteiger partial charge in [-0.15, -0.1) is 0 Å². The SMILES string of the molecule is CC1(C(=O)N2CCC(C(=O)N3C[C@@H](CNc4ncc(C(F)(F)F)cn4)[C@H](c4ccc(Cl)c(Cl)c4)C3)CC2)CC1. The molecule has 12 heteroatoms. The Morgan fingerprint density at radius 1 is 1.05 bits per heavy atom. The molecular weight excluding hydrogens is 554 g/mol. The molecule has 2 aliphatic heterocycles. The van der Waals surface area contributed by atoms with Crippen LogP contribution in [0.5, 0.6) is 0 Å². The van der Waals surface area contributed by atoms with Crippen LogP contribution < -0.4 is 5.32 Å². The number of likely N-dealkylation sites (tertiary alicyclic amines) is 2. The van der Waals surface area contributed by atoms with Crippen molar-refractivity contribution in [3.63, 3.8) is 0 Å². The van der Waals surface area contributed by atoms with Crippen LogP contribution in [0.15, 0.2) is 30.6 Å². The van der Waals surface area contributed by atoms with Gasteiger partial charge in [-0.1, -0.05) is 36.2 Å². The molecule has 7 nitrogen and oxygen atoms in total. The fourth-order valence-corrected chi connectivity index (χ4v) is 5.84. The Labute approximate surface area is 235 Å². The third-order valence-electron chi connectivity index (χ3n) is 8.27. The van der Waals surface area contributed by atoms with Gasteiger partial charge in [0.2, 0.25) is 17.8 Å². The van der Waals surface area contributed by atoms with Gasteiger partial charge in [0, 0.05) is 68.3 Å². The minimum atomic E-state index is -4.51. The second-order valence-corrected chi connectivity index (χ2v) is 11.9. The predicted molar refractivity (Wildman–Crippen MR) is 141 cm³/mol. The molecule has 2 atom stereocenters. The van der Waals surface area contributed by atoms with Gasteiger partial charge < -0.3 is 15.1 Å². The van der Waals surface area contributed by atoms with Crippen molar-refractivity contribution in [2.24, 2.45) is 17.3 Å². The average Bonchev–Trinajstić information content (AvgIpc) is 3.53. The highest BCUT2D eigenvalue weighted by atomic mass is 35.5. The monoisotopic (exact) mass is 583 g/mol. The average molecular weight is 584 g/mol. The van der Waals surface area contributed by atoms with Gasteiger partial charge in [-0.25, -0.2) is 9.97 Å². The fraction of sp³-hybridized carbons (Fsp3) is 0.556. The minimum absolute atomic E-state index is 0.0615. The highest BCUT2D eigenvalue weighted by Crippen LogP contribution is 2.47. The van der Waals surface area contributed by atoms with E-state index in [4.69, 9.17) is 23.2 Å². The van der Waals surface area contributed by atoms with Gasteiger partial charge in [0.25, 0.3) is 0 Å². The maximum atomic E-state index is 13.6. The largest absolute Gasteiger partial charge is 0.419 e. The minimum Gasteiger partial charge on any atom is -0.354 e. The maximum Gasteiger partial charge on any atom is 0.419 e. The maximum absolute atomic E-state index is 13.6. The van der Waals surface area contributed by atoms with Crippen molar-refractivity contribution in [2.75, 3.05) is 38.0 Å². The van der Waals surface area contributed by atoms with E-state index in [2.05, 4.69) is 15.3 Å². The van der Waals surface area contributed by atoms with Crippen LogP contribution in [-0.4, -0.2) is 64.3 Å². The van der Waals surface area contributed by atoms with Gasteiger partial charge in [0.1, 0.15) is 0 Å². The summed E-state index contributed by atoms with van der Waals surface area (Å²) >= 11 is 12.4. The van der Waals surface area contributed by atoms with E-state index >= 15 is 0 Å². The first-order valence-corrected chi connectivity index (χ1v) is 13.9. The molecule has 0 spiro atoms. The van der Waals surface area contributed by atoms with Crippen LogP contribution in [0, 0.1) is 17.3 Å². The fourth-order valence-electron chi connectivity index (χ4n) is 5.54. The third kappa shape index (κ3) is 6.11. The number of hydrogen-bond acceptors (Lipinski definition) is 5. The molecule has 2 amide bonds. The predicted octanol–water partition coefficient (Wildman–Crippen LogP) is 5.50. The molecule has 1 aromatic heterocycles. The highest BCUT2D eigenvalue weighted by molar-refractivity contribution is 6.42. The Kier molecular flexibility index (Phi) is 7.72. The summed E-state index contributed by atoms with van der Waals surface area (Å²) in [5.74, 6) is 0.0715. The second kappa shape index (κ2) is 10.8. The van der Waals surface area contributed by atoms with E-state index in [1.165, 1.54) is 0 Å². The quantitative estimate of drug-likeness (QED) is 0.486. The van der Waals surface area contributed by atoms with Crippen molar-refractivity contribution in [3.05, 3.63) is 51.8 Å². The van der Waals surface area contributed by atoms with Crippen LogP contribution in [0.3, 0.4) is 0 Å². The van der Waals surface area contributed by atoms with Crippen molar-refractivity contribution >= 4 is 41.0 Å². The topological polar surface area (TPSA) is 78.4 Å². The summed E-state index contributed by atoms with van der Waals surface area (Å²) < 4.78 is 38.6. The molecule has 1 aromatic carbocycles. The number of aromatic nitrogens is 2. The summed E-state index contributed by atoms with van der Waals surface area (Å²) in [6.07, 6.45) is 0.119. The van der Waals surface area contributed by atoms with Gasteiger partial charge in [0.15, 0.2) is 0 Å². The van der Waals surface area contributed by atoms with E-state index in [1.54, 1.807) is 12.1 Å². The number of anilines is 1. The first kappa shape index (κ1) is 28.0. The number of hydrogen-bond donors (Lipinski definition) is 1. The van der Waals surface area contributed by atoms with Crippen molar-refractivity contribution in [1.82, 2.24) is 19.8 Å². The number of nitrogens with zero attached hydrogens (tertiary/aromatic N) is 4. The molecule has 0 unspecified atom stereocenters. The van der Waals surface area contributed by atoms with E-state index in [1.807, 2.05) is 22.8 Å². The van der Waals surface area contributed by atoms with E-state index < -0.39 is 11.7 Å². The van der Waals surface area contributed by atoms with Crippen LogP contribution in [0.25, 0.3) is 0 Å². The summed E-state index contributed by atoms with van der Waals surface area (Å²) in [5.41, 5.74) is -0.202. The van der Waals surface area contributed by atoms with Gasteiger partial charge in [0.05, 0.1) is 15.6 Å². The molecule has 0 bridgehead atoms. The smallest absolute Gasteiger partial charge is 0.354 e.